The van der Waals surface area contributed by atoms with Crippen molar-refractivity contribution in [1.82, 2.24) is 5.32 Å². The molecule has 0 radical (unpaired) electrons. The molecule has 0 spiro atoms. The second-order valence-electron chi connectivity index (χ2n) is 7.85. The Kier molecular flexibility index (Phi) is 4.62. The lowest BCUT2D eigenvalue weighted by Gasteiger charge is -2.27. The number of amides is 1. The third-order valence-corrected chi connectivity index (χ3v) is 4.50. The van der Waals surface area contributed by atoms with E-state index in [1.54, 1.807) is 12.1 Å². The van der Waals surface area contributed by atoms with Crippen LogP contribution in [0.25, 0.3) is 0 Å². The SMILES string of the molecule is C[C@@H]1CCC(Oc2ccc3c(c2)COC3=O)[C@H]1OC(=O)NC(C)(C)C. The molecule has 1 amide bonds. The molecular weight excluding hydrogens is 322 g/mol. The van der Waals surface area contributed by atoms with Gasteiger partial charge in [-0.1, -0.05) is 6.92 Å². The van der Waals surface area contributed by atoms with Crippen molar-refractivity contribution in [2.45, 2.75) is 64.9 Å². The van der Waals surface area contributed by atoms with E-state index >= 15 is 0 Å². The number of carbonyl (C=O) groups is 2. The molecule has 1 aliphatic carbocycles. The highest BCUT2D eigenvalue weighted by molar-refractivity contribution is 5.93. The van der Waals surface area contributed by atoms with Crippen LogP contribution in [0.4, 0.5) is 4.79 Å². The van der Waals surface area contributed by atoms with E-state index in [0.29, 0.717) is 11.3 Å². The van der Waals surface area contributed by atoms with Gasteiger partial charge in [-0.25, -0.2) is 9.59 Å². The zero-order valence-corrected chi connectivity index (χ0v) is 15.1. The Bertz CT molecular complexity index is 679. The van der Waals surface area contributed by atoms with E-state index in [-0.39, 0.29) is 36.2 Å². The molecule has 3 atom stereocenters. The lowest BCUT2D eigenvalue weighted by Crippen LogP contribution is -2.45. The Morgan fingerprint density at radius 1 is 1.28 bits per heavy atom. The van der Waals surface area contributed by atoms with Crippen LogP contribution in [0.1, 0.15) is 56.5 Å². The normalized spacial score (nSPS) is 25.3. The van der Waals surface area contributed by atoms with Crippen molar-refractivity contribution < 1.29 is 23.8 Å². The van der Waals surface area contributed by atoms with Crippen LogP contribution in [-0.2, 0) is 16.1 Å². The maximum atomic E-state index is 12.1. The number of cyclic esters (lactones) is 1. The molecular formula is C19H25NO5. The van der Waals surface area contributed by atoms with Crippen LogP contribution < -0.4 is 10.1 Å². The van der Waals surface area contributed by atoms with E-state index in [1.165, 1.54) is 0 Å². The molecule has 1 heterocycles. The van der Waals surface area contributed by atoms with Gasteiger partial charge in [-0.15, -0.1) is 0 Å². The average Bonchev–Trinajstić information content (AvgIpc) is 3.03. The summed E-state index contributed by atoms with van der Waals surface area (Å²) in [5, 5.41) is 2.82. The van der Waals surface area contributed by atoms with Crippen molar-refractivity contribution in [3.63, 3.8) is 0 Å². The number of benzene rings is 1. The van der Waals surface area contributed by atoms with Gasteiger partial charge in [-0.2, -0.15) is 0 Å². The molecule has 3 rings (SSSR count). The summed E-state index contributed by atoms with van der Waals surface area (Å²) in [7, 11) is 0. The quantitative estimate of drug-likeness (QED) is 0.848. The Morgan fingerprint density at radius 3 is 2.76 bits per heavy atom. The van der Waals surface area contributed by atoms with Gasteiger partial charge in [0.05, 0.1) is 5.56 Å². The predicted octanol–water partition coefficient (Wildman–Crippen LogP) is 3.43. The number of alkyl carbamates (subject to hydrolysis) is 1. The van der Waals surface area contributed by atoms with Gasteiger partial charge in [0.15, 0.2) is 0 Å². The van der Waals surface area contributed by atoms with E-state index in [9.17, 15) is 9.59 Å². The molecule has 0 aromatic heterocycles. The van der Waals surface area contributed by atoms with E-state index in [4.69, 9.17) is 14.2 Å². The summed E-state index contributed by atoms with van der Waals surface area (Å²) in [5.74, 6) is 0.604. The van der Waals surface area contributed by atoms with Crippen molar-refractivity contribution in [2.75, 3.05) is 0 Å². The standard InChI is InChI=1S/C19H25NO5/c1-11-5-8-15(16(11)25-18(22)20-19(2,3)4)24-13-6-7-14-12(9-13)10-23-17(14)21/h6-7,9,11,15-16H,5,8,10H2,1-4H3,(H,20,22)/t11-,15?,16+/m1/s1. The van der Waals surface area contributed by atoms with E-state index in [1.807, 2.05) is 26.8 Å². The summed E-state index contributed by atoms with van der Waals surface area (Å²) in [6, 6.07) is 5.32. The van der Waals surface area contributed by atoms with Gasteiger partial charge in [-0.3, -0.25) is 0 Å². The molecule has 0 saturated heterocycles. The summed E-state index contributed by atoms with van der Waals surface area (Å²) in [5.41, 5.74) is 1.07. The van der Waals surface area contributed by atoms with Gasteiger partial charge in [0, 0.05) is 11.1 Å². The first kappa shape index (κ1) is 17.6. The van der Waals surface area contributed by atoms with E-state index in [0.717, 1.165) is 18.4 Å². The number of nitrogens with one attached hydrogen (secondary N) is 1. The van der Waals surface area contributed by atoms with Gasteiger partial charge in [0.2, 0.25) is 0 Å². The molecule has 1 aromatic carbocycles. The monoisotopic (exact) mass is 347 g/mol. The molecule has 0 bridgehead atoms. The number of rotatable bonds is 3. The number of fused-ring (bicyclic) bond motifs is 1. The van der Waals surface area contributed by atoms with Crippen LogP contribution in [0.5, 0.6) is 5.75 Å². The third-order valence-electron chi connectivity index (χ3n) is 4.50. The van der Waals surface area contributed by atoms with Crippen molar-refractivity contribution in [2.24, 2.45) is 5.92 Å². The Balaban J connectivity index is 1.67. The fraction of sp³-hybridized carbons (Fsp3) is 0.579. The topological polar surface area (TPSA) is 73.9 Å². The van der Waals surface area contributed by atoms with Crippen LogP contribution in [-0.4, -0.2) is 29.8 Å². The first-order valence-corrected chi connectivity index (χ1v) is 8.68. The predicted molar refractivity (Wildman–Crippen MR) is 91.5 cm³/mol. The van der Waals surface area contributed by atoms with Gasteiger partial charge >= 0.3 is 12.1 Å². The Hall–Kier alpha value is -2.24. The van der Waals surface area contributed by atoms with Crippen molar-refractivity contribution in [3.8, 4) is 5.75 Å². The fourth-order valence-corrected chi connectivity index (χ4v) is 3.26. The number of ether oxygens (including phenoxy) is 3. The van der Waals surface area contributed by atoms with Gasteiger partial charge in [0.25, 0.3) is 0 Å². The Labute approximate surface area is 147 Å². The van der Waals surface area contributed by atoms with Crippen LogP contribution in [0, 0.1) is 5.92 Å². The number of esters is 1. The lowest BCUT2D eigenvalue weighted by molar-refractivity contribution is 0.0141. The van der Waals surface area contributed by atoms with Crippen molar-refractivity contribution in [1.29, 1.82) is 0 Å². The smallest absolute Gasteiger partial charge is 0.407 e. The summed E-state index contributed by atoms with van der Waals surface area (Å²) >= 11 is 0. The van der Waals surface area contributed by atoms with Gasteiger partial charge < -0.3 is 19.5 Å². The molecule has 136 valence electrons. The van der Waals surface area contributed by atoms with E-state index < -0.39 is 6.09 Å². The maximum absolute atomic E-state index is 12.1. The van der Waals surface area contributed by atoms with Crippen LogP contribution in [0.2, 0.25) is 0 Å². The first-order chi connectivity index (χ1) is 11.7. The average molecular weight is 347 g/mol. The van der Waals surface area contributed by atoms with E-state index in [2.05, 4.69) is 12.2 Å². The second-order valence-corrected chi connectivity index (χ2v) is 7.85. The lowest BCUT2D eigenvalue weighted by atomic mass is 10.1. The van der Waals surface area contributed by atoms with Gasteiger partial charge in [0.1, 0.15) is 24.6 Å². The fourth-order valence-electron chi connectivity index (χ4n) is 3.26. The van der Waals surface area contributed by atoms with Crippen LogP contribution >= 0.6 is 0 Å². The number of carbonyl (C=O) groups excluding carboxylic acids is 2. The molecule has 1 aromatic rings. The molecule has 1 N–H and O–H groups in total. The Morgan fingerprint density at radius 2 is 2.04 bits per heavy atom. The summed E-state index contributed by atoms with van der Waals surface area (Å²) in [6.07, 6.45) is 0.837. The number of hydrogen-bond donors (Lipinski definition) is 1. The first-order valence-electron chi connectivity index (χ1n) is 8.68. The molecule has 1 saturated carbocycles. The minimum Gasteiger partial charge on any atom is -0.487 e. The summed E-state index contributed by atoms with van der Waals surface area (Å²) < 4.78 is 16.7. The molecule has 6 heteroatoms. The van der Waals surface area contributed by atoms with Crippen LogP contribution in [0.3, 0.4) is 0 Å². The molecule has 2 aliphatic rings. The molecule has 6 nitrogen and oxygen atoms in total. The molecule has 25 heavy (non-hydrogen) atoms. The largest absolute Gasteiger partial charge is 0.487 e. The summed E-state index contributed by atoms with van der Waals surface area (Å²) in [4.78, 5) is 23.6. The van der Waals surface area contributed by atoms with Crippen LogP contribution in [0.15, 0.2) is 18.2 Å². The van der Waals surface area contributed by atoms with Crippen molar-refractivity contribution in [3.05, 3.63) is 29.3 Å². The highest BCUT2D eigenvalue weighted by Gasteiger charge is 2.39. The zero-order valence-electron chi connectivity index (χ0n) is 15.1. The summed E-state index contributed by atoms with van der Waals surface area (Å²) in [6.45, 7) is 8.07. The van der Waals surface area contributed by atoms with Crippen molar-refractivity contribution >= 4 is 12.1 Å². The molecule has 1 unspecified atom stereocenters. The molecule has 1 aliphatic heterocycles. The number of hydrogen-bond acceptors (Lipinski definition) is 5. The third kappa shape index (κ3) is 4.06. The minimum atomic E-state index is -0.423. The molecule has 1 fully saturated rings. The highest BCUT2D eigenvalue weighted by Crippen LogP contribution is 2.33. The second kappa shape index (κ2) is 6.58. The van der Waals surface area contributed by atoms with Gasteiger partial charge in [-0.05, 0) is 57.7 Å². The maximum Gasteiger partial charge on any atom is 0.407 e. The zero-order chi connectivity index (χ0) is 18.2. The highest BCUT2D eigenvalue weighted by atomic mass is 16.6. The minimum absolute atomic E-state index is 0.197.